The van der Waals surface area contributed by atoms with Crippen LogP contribution in [0.25, 0.3) is 0 Å². The number of benzene rings is 4. The molecule has 72 heavy (non-hydrogen) atoms. The first kappa shape index (κ1) is 51.3. The number of piperazine rings is 1. The highest BCUT2D eigenvalue weighted by atomic mass is 16.2. The van der Waals surface area contributed by atoms with Gasteiger partial charge in [0.1, 0.15) is 11.6 Å². The quantitative estimate of drug-likeness (QED) is 0.0564. The van der Waals surface area contributed by atoms with Crippen molar-refractivity contribution in [3.63, 3.8) is 0 Å². The second kappa shape index (κ2) is 23.3. The third kappa shape index (κ3) is 13.4. The van der Waals surface area contributed by atoms with Crippen molar-refractivity contribution >= 4 is 87.0 Å². The standard InChI is InChI=1S/C28H33N7O2.C27H30N6O2/c1-6-26(37)30-22-8-7-9-23(16-22)31-27-20(4)17-29-28(33-27)32-24-14-19(3)25(15-18(24)2)35-12-10-34(11-13-35)21(5)36;1-5-24(34)29-21-7-6-8-22(15-21)30-26-18(3)16-28-27(32-26)31-23-10-9-19(13-17(23)2)20-11-12-33(4)25(35)14-20/h6-9,14-17H,1,10-13H2,2-5H3,(H,30,37)(H2,29,31,32,33);5-10,13,15-16,20H,1,11-12,14H2,2-4H3,(H,29,34)(H2,28,30,31,32). The Morgan fingerprint density at radius 1 is 0.611 bits per heavy atom. The minimum atomic E-state index is -0.268. The van der Waals surface area contributed by atoms with Gasteiger partial charge in [0.2, 0.25) is 35.5 Å². The molecule has 2 aliphatic heterocycles. The fourth-order valence-electron chi connectivity index (χ4n) is 8.35. The number of piperidine rings is 1. The van der Waals surface area contributed by atoms with Crippen LogP contribution in [0.5, 0.6) is 0 Å². The van der Waals surface area contributed by atoms with Crippen LogP contribution >= 0.6 is 0 Å². The van der Waals surface area contributed by atoms with Crippen molar-refractivity contribution in [2.75, 3.05) is 76.6 Å². The first-order valence-electron chi connectivity index (χ1n) is 23.8. The number of hydrogen-bond acceptors (Lipinski definition) is 13. The summed E-state index contributed by atoms with van der Waals surface area (Å²) in [6.07, 6.45) is 7.52. The first-order chi connectivity index (χ1) is 34.5. The minimum Gasteiger partial charge on any atom is -0.368 e. The number of carbonyl (C=O) groups excluding carboxylic acids is 4. The predicted octanol–water partition coefficient (Wildman–Crippen LogP) is 9.72. The Morgan fingerprint density at radius 3 is 1.65 bits per heavy atom. The van der Waals surface area contributed by atoms with Crippen molar-refractivity contribution in [3.8, 4) is 0 Å². The normalized spacial score (nSPS) is 14.3. The van der Waals surface area contributed by atoms with Gasteiger partial charge in [-0.1, -0.05) is 37.4 Å². The third-order valence-electron chi connectivity index (χ3n) is 12.6. The zero-order valence-electron chi connectivity index (χ0n) is 42.0. The fourth-order valence-corrected chi connectivity index (χ4v) is 8.35. The number of aromatic nitrogens is 4. The molecule has 0 radical (unpaired) electrons. The molecule has 4 amide bonds. The van der Waals surface area contributed by atoms with Crippen molar-refractivity contribution in [2.24, 2.45) is 0 Å². The van der Waals surface area contributed by atoms with Gasteiger partial charge in [-0.15, -0.1) is 0 Å². The second-order valence-corrected chi connectivity index (χ2v) is 18.0. The molecular weight excluding hydrogens is 907 g/mol. The smallest absolute Gasteiger partial charge is 0.247 e. The van der Waals surface area contributed by atoms with E-state index in [2.05, 4.69) is 103 Å². The molecule has 4 heterocycles. The number of hydrogen-bond donors (Lipinski definition) is 6. The van der Waals surface area contributed by atoms with Crippen molar-refractivity contribution in [2.45, 2.75) is 60.3 Å². The Labute approximate surface area is 421 Å². The highest BCUT2D eigenvalue weighted by Crippen LogP contribution is 2.33. The summed E-state index contributed by atoms with van der Waals surface area (Å²) in [6.45, 7) is 22.6. The van der Waals surface area contributed by atoms with Crippen LogP contribution in [0.1, 0.15) is 59.1 Å². The lowest BCUT2D eigenvalue weighted by molar-refractivity contribution is -0.132. The van der Waals surface area contributed by atoms with Crippen LogP contribution in [0, 0.1) is 34.6 Å². The van der Waals surface area contributed by atoms with Crippen LogP contribution < -0.4 is 36.8 Å². The third-order valence-corrected chi connectivity index (χ3v) is 12.6. The van der Waals surface area contributed by atoms with E-state index in [1.807, 2.05) is 81.2 Å². The molecule has 17 heteroatoms. The number of rotatable bonds is 14. The molecule has 4 aromatic carbocycles. The summed E-state index contributed by atoms with van der Waals surface area (Å²) in [7, 11) is 1.86. The Bertz CT molecular complexity index is 3000. The molecule has 0 spiro atoms. The Balaban J connectivity index is 0.000000212. The molecule has 0 bridgehead atoms. The summed E-state index contributed by atoms with van der Waals surface area (Å²) >= 11 is 0. The van der Waals surface area contributed by atoms with Gasteiger partial charge in [-0.2, -0.15) is 9.97 Å². The van der Waals surface area contributed by atoms with E-state index in [0.29, 0.717) is 41.3 Å². The zero-order chi connectivity index (χ0) is 51.5. The maximum absolute atomic E-state index is 12.1. The summed E-state index contributed by atoms with van der Waals surface area (Å²) in [6, 6.07) is 25.3. The van der Waals surface area contributed by atoms with Gasteiger partial charge in [0.05, 0.1) is 0 Å². The highest BCUT2D eigenvalue weighted by Gasteiger charge is 2.25. The number of likely N-dealkylation sites (tertiary alicyclic amines) is 1. The van der Waals surface area contributed by atoms with Crippen LogP contribution in [0.2, 0.25) is 0 Å². The zero-order valence-corrected chi connectivity index (χ0v) is 42.0. The summed E-state index contributed by atoms with van der Waals surface area (Å²) in [5.41, 5.74) is 12.2. The Hall–Kier alpha value is -8.60. The molecule has 372 valence electrons. The summed E-state index contributed by atoms with van der Waals surface area (Å²) in [4.78, 5) is 71.3. The van der Waals surface area contributed by atoms with Crippen LogP contribution in [0.3, 0.4) is 0 Å². The summed E-state index contributed by atoms with van der Waals surface area (Å²) in [5, 5.41) is 18.8. The van der Waals surface area contributed by atoms with E-state index in [-0.39, 0.29) is 29.5 Å². The van der Waals surface area contributed by atoms with E-state index in [0.717, 1.165) is 89.7 Å². The molecule has 2 aromatic heterocycles. The lowest BCUT2D eigenvalue weighted by Gasteiger charge is -2.36. The summed E-state index contributed by atoms with van der Waals surface area (Å²) in [5.74, 6) is 2.33. The predicted molar refractivity (Wildman–Crippen MR) is 288 cm³/mol. The maximum Gasteiger partial charge on any atom is 0.247 e. The number of carbonyl (C=O) groups is 4. The van der Waals surface area contributed by atoms with Crippen molar-refractivity contribution in [3.05, 3.63) is 150 Å². The van der Waals surface area contributed by atoms with Gasteiger partial charge in [0, 0.05) is 116 Å². The number of nitrogens with one attached hydrogen (secondary N) is 6. The maximum atomic E-state index is 12.1. The van der Waals surface area contributed by atoms with Gasteiger partial charge in [-0.05, 0) is 136 Å². The Kier molecular flexibility index (Phi) is 16.6. The topological polar surface area (TPSA) is 202 Å². The van der Waals surface area contributed by atoms with Crippen molar-refractivity contribution in [1.82, 2.24) is 29.7 Å². The van der Waals surface area contributed by atoms with Gasteiger partial charge < -0.3 is 46.6 Å². The minimum absolute atomic E-state index is 0.131. The largest absolute Gasteiger partial charge is 0.368 e. The molecule has 0 saturated carbocycles. The van der Waals surface area contributed by atoms with Gasteiger partial charge >= 0.3 is 0 Å². The van der Waals surface area contributed by atoms with Crippen molar-refractivity contribution in [1.29, 1.82) is 0 Å². The average molecular weight is 970 g/mol. The molecule has 2 fully saturated rings. The first-order valence-corrected chi connectivity index (χ1v) is 23.8. The molecule has 1 atom stereocenters. The summed E-state index contributed by atoms with van der Waals surface area (Å²) < 4.78 is 0. The van der Waals surface area contributed by atoms with Crippen LogP contribution in [0.15, 0.2) is 117 Å². The molecular formula is C55H63N13O4. The van der Waals surface area contributed by atoms with E-state index in [4.69, 9.17) is 4.98 Å². The molecule has 2 aliphatic rings. The monoisotopic (exact) mass is 970 g/mol. The molecule has 8 rings (SSSR count). The number of nitrogens with zero attached hydrogens (tertiary/aromatic N) is 7. The molecule has 0 aliphatic carbocycles. The van der Waals surface area contributed by atoms with E-state index in [9.17, 15) is 19.2 Å². The highest BCUT2D eigenvalue weighted by molar-refractivity contribution is 5.99. The molecule has 2 saturated heterocycles. The van der Waals surface area contributed by atoms with E-state index in [1.165, 1.54) is 23.4 Å². The van der Waals surface area contributed by atoms with Gasteiger partial charge in [-0.25, -0.2) is 9.97 Å². The second-order valence-electron chi connectivity index (χ2n) is 18.0. The lowest BCUT2D eigenvalue weighted by Crippen LogP contribution is -2.48. The van der Waals surface area contributed by atoms with E-state index >= 15 is 0 Å². The van der Waals surface area contributed by atoms with Crippen LogP contribution in [-0.2, 0) is 19.2 Å². The van der Waals surface area contributed by atoms with E-state index in [1.54, 1.807) is 30.3 Å². The molecule has 17 nitrogen and oxygen atoms in total. The number of anilines is 11. The molecule has 1 unspecified atom stereocenters. The van der Waals surface area contributed by atoms with Crippen LogP contribution in [-0.4, -0.2) is 93.1 Å². The van der Waals surface area contributed by atoms with Gasteiger partial charge in [0.15, 0.2) is 0 Å². The van der Waals surface area contributed by atoms with Crippen LogP contribution in [0.4, 0.5) is 63.3 Å². The molecule has 6 N–H and O–H groups in total. The van der Waals surface area contributed by atoms with E-state index < -0.39 is 0 Å². The SMILES string of the molecule is C=CC(=O)Nc1cccc(Nc2nc(Nc3cc(C)c(N4CCN(C(C)=O)CC4)cc3C)ncc2C)c1.C=CC(=O)Nc1cccc(Nc2nc(Nc3ccc(C4CCN(C)C(=O)C4)cc3C)ncc2C)c1. The number of aryl methyl sites for hydroxylation is 5. The van der Waals surface area contributed by atoms with Gasteiger partial charge in [-0.3, -0.25) is 19.2 Å². The average Bonchev–Trinajstić information content (AvgIpc) is 3.36. The Morgan fingerprint density at radius 2 is 1.14 bits per heavy atom. The van der Waals surface area contributed by atoms with Crippen molar-refractivity contribution < 1.29 is 19.2 Å². The van der Waals surface area contributed by atoms with Gasteiger partial charge in [0.25, 0.3) is 0 Å². The fraction of sp³-hybridized carbons (Fsp3) is 0.273. The molecule has 6 aromatic rings. The lowest BCUT2D eigenvalue weighted by atomic mass is 9.88. The number of amides is 4.